The zero-order chi connectivity index (χ0) is 17.6. The lowest BCUT2D eigenvalue weighted by atomic mass is 10.0. The average molecular weight is 346 g/mol. The summed E-state index contributed by atoms with van der Waals surface area (Å²) < 4.78 is 5.65. The number of amides is 2. The number of hydrogen-bond donors (Lipinski definition) is 3. The number of benzene rings is 1. The number of carbonyl (C=O) groups excluding carboxylic acids is 2. The molecule has 1 aromatic rings. The molecule has 6 heteroatoms. The van der Waals surface area contributed by atoms with E-state index in [2.05, 4.69) is 17.6 Å². The molecule has 1 fully saturated rings. The van der Waals surface area contributed by atoms with E-state index in [1.165, 1.54) is 25.8 Å². The number of para-hydroxylation sites is 2. The Labute approximate surface area is 148 Å². The first-order valence-electron chi connectivity index (χ1n) is 9.31. The average Bonchev–Trinajstić information content (AvgIpc) is 2.61. The van der Waals surface area contributed by atoms with Crippen LogP contribution < -0.4 is 20.3 Å². The molecular formula is C19H28N3O3+. The Morgan fingerprint density at radius 2 is 2.20 bits per heavy atom. The summed E-state index contributed by atoms with van der Waals surface area (Å²) in [5.41, 5.74) is 0.655. The van der Waals surface area contributed by atoms with Crippen molar-refractivity contribution >= 4 is 17.5 Å². The van der Waals surface area contributed by atoms with Gasteiger partial charge in [-0.1, -0.05) is 12.1 Å². The molecule has 1 unspecified atom stereocenters. The summed E-state index contributed by atoms with van der Waals surface area (Å²) >= 11 is 0. The van der Waals surface area contributed by atoms with Gasteiger partial charge in [0.25, 0.3) is 5.91 Å². The third-order valence-corrected chi connectivity index (χ3v) is 5.16. The van der Waals surface area contributed by atoms with E-state index >= 15 is 0 Å². The van der Waals surface area contributed by atoms with Crippen molar-refractivity contribution in [1.29, 1.82) is 0 Å². The molecule has 0 spiro atoms. The number of fused-ring (bicyclic) bond motifs is 1. The van der Waals surface area contributed by atoms with Crippen LogP contribution in [0.1, 0.15) is 39.0 Å². The van der Waals surface area contributed by atoms with Crippen LogP contribution in [0.4, 0.5) is 5.69 Å². The van der Waals surface area contributed by atoms with Gasteiger partial charge in [-0.15, -0.1) is 0 Å². The number of hydrogen-bond acceptors (Lipinski definition) is 3. The second-order valence-electron chi connectivity index (χ2n) is 7.05. The SMILES string of the molecule is C[C@H]1CCCC[NH+]1CCCNC(=O)C[C@H]1Oc2ccccc2NC1=O. The lowest BCUT2D eigenvalue weighted by Gasteiger charge is -2.30. The Kier molecular flexibility index (Phi) is 5.91. The minimum atomic E-state index is -0.761. The van der Waals surface area contributed by atoms with Crippen LogP contribution in [0, 0.1) is 0 Å². The molecule has 1 aromatic carbocycles. The topological polar surface area (TPSA) is 71.9 Å². The van der Waals surface area contributed by atoms with Crippen molar-refractivity contribution in [3.8, 4) is 5.75 Å². The Bertz CT molecular complexity index is 620. The molecule has 25 heavy (non-hydrogen) atoms. The smallest absolute Gasteiger partial charge is 0.266 e. The number of nitrogens with one attached hydrogen (secondary N) is 3. The van der Waals surface area contributed by atoms with Crippen LogP contribution in [0.5, 0.6) is 5.75 Å². The van der Waals surface area contributed by atoms with Gasteiger partial charge in [0, 0.05) is 13.0 Å². The zero-order valence-corrected chi connectivity index (χ0v) is 14.8. The van der Waals surface area contributed by atoms with Crippen LogP contribution in [-0.4, -0.2) is 43.6 Å². The fraction of sp³-hybridized carbons (Fsp3) is 0.579. The molecule has 0 aromatic heterocycles. The van der Waals surface area contributed by atoms with Crippen LogP contribution in [0.25, 0.3) is 0 Å². The molecule has 0 aliphatic carbocycles. The first-order valence-corrected chi connectivity index (χ1v) is 9.31. The van der Waals surface area contributed by atoms with E-state index in [0.29, 0.717) is 18.0 Å². The van der Waals surface area contributed by atoms with E-state index in [9.17, 15) is 9.59 Å². The normalized spacial score (nSPS) is 25.5. The van der Waals surface area contributed by atoms with Gasteiger partial charge in [-0.25, -0.2) is 0 Å². The van der Waals surface area contributed by atoms with Crippen molar-refractivity contribution in [2.45, 2.75) is 51.2 Å². The molecule has 0 bridgehead atoms. The van der Waals surface area contributed by atoms with Gasteiger partial charge in [-0.3, -0.25) is 9.59 Å². The summed E-state index contributed by atoms with van der Waals surface area (Å²) in [5, 5.41) is 5.70. The van der Waals surface area contributed by atoms with E-state index in [1.54, 1.807) is 17.0 Å². The highest BCUT2D eigenvalue weighted by Gasteiger charge is 2.29. The number of carbonyl (C=O) groups is 2. The number of quaternary nitrogens is 1. The molecule has 0 radical (unpaired) electrons. The minimum absolute atomic E-state index is 0.0488. The zero-order valence-electron chi connectivity index (χ0n) is 14.8. The van der Waals surface area contributed by atoms with Crippen LogP contribution >= 0.6 is 0 Å². The lowest BCUT2D eigenvalue weighted by molar-refractivity contribution is -0.928. The number of ether oxygens (including phenoxy) is 1. The predicted octanol–water partition coefficient (Wildman–Crippen LogP) is 0.740. The molecule has 6 nitrogen and oxygen atoms in total. The van der Waals surface area contributed by atoms with E-state index in [4.69, 9.17) is 4.74 Å². The van der Waals surface area contributed by atoms with Crippen molar-refractivity contribution in [2.75, 3.05) is 25.0 Å². The van der Waals surface area contributed by atoms with Gasteiger partial charge >= 0.3 is 0 Å². The highest BCUT2D eigenvalue weighted by atomic mass is 16.5. The Morgan fingerprint density at radius 3 is 3.04 bits per heavy atom. The largest absolute Gasteiger partial charge is 0.478 e. The van der Waals surface area contributed by atoms with Gasteiger partial charge in [-0.05, 0) is 38.3 Å². The van der Waals surface area contributed by atoms with Gasteiger partial charge in [0.15, 0.2) is 6.10 Å². The van der Waals surface area contributed by atoms with Crippen molar-refractivity contribution < 1.29 is 19.2 Å². The molecular weight excluding hydrogens is 318 g/mol. The van der Waals surface area contributed by atoms with E-state index in [-0.39, 0.29) is 18.2 Å². The number of anilines is 1. The fourth-order valence-electron chi connectivity index (χ4n) is 3.64. The van der Waals surface area contributed by atoms with Gasteiger partial charge < -0.3 is 20.3 Å². The van der Waals surface area contributed by atoms with Crippen molar-refractivity contribution in [3.05, 3.63) is 24.3 Å². The van der Waals surface area contributed by atoms with Crippen LogP contribution in [-0.2, 0) is 9.59 Å². The van der Waals surface area contributed by atoms with Crippen molar-refractivity contribution in [1.82, 2.24) is 5.32 Å². The quantitative estimate of drug-likeness (QED) is 0.666. The van der Waals surface area contributed by atoms with E-state index in [0.717, 1.165) is 19.0 Å². The maximum atomic E-state index is 12.1. The van der Waals surface area contributed by atoms with Gasteiger partial charge in [-0.2, -0.15) is 0 Å². The standard InChI is InChI=1S/C19H27N3O3/c1-14-7-4-5-11-22(14)12-6-10-20-18(23)13-17-19(24)21-15-8-2-3-9-16(15)25-17/h2-3,8-9,14,17H,4-7,10-13H2,1H3,(H,20,23)(H,21,24)/p+1/t14-,17+/m0/s1. The Balaban J connectivity index is 1.38. The summed E-state index contributed by atoms with van der Waals surface area (Å²) in [6.07, 6.45) is 4.20. The number of likely N-dealkylation sites (tertiary alicyclic amines) is 1. The van der Waals surface area contributed by atoms with Crippen molar-refractivity contribution in [2.24, 2.45) is 0 Å². The lowest BCUT2D eigenvalue weighted by Crippen LogP contribution is -3.16. The summed E-state index contributed by atoms with van der Waals surface area (Å²) in [6.45, 7) is 5.30. The molecule has 2 aliphatic rings. The minimum Gasteiger partial charge on any atom is -0.478 e. The van der Waals surface area contributed by atoms with Gasteiger partial charge in [0.1, 0.15) is 5.75 Å². The molecule has 3 rings (SSSR count). The summed E-state index contributed by atoms with van der Waals surface area (Å²) in [6, 6.07) is 7.98. The summed E-state index contributed by atoms with van der Waals surface area (Å²) in [4.78, 5) is 25.8. The van der Waals surface area contributed by atoms with Gasteiger partial charge in [0.05, 0.1) is 31.2 Å². The first-order chi connectivity index (χ1) is 12.1. The maximum absolute atomic E-state index is 12.1. The Hall–Kier alpha value is -2.08. The van der Waals surface area contributed by atoms with Crippen LogP contribution in [0.15, 0.2) is 24.3 Å². The Morgan fingerprint density at radius 1 is 1.36 bits per heavy atom. The number of piperidine rings is 1. The molecule has 0 saturated carbocycles. The first kappa shape index (κ1) is 17.7. The third-order valence-electron chi connectivity index (χ3n) is 5.16. The third kappa shape index (κ3) is 4.72. The van der Waals surface area contributed by atoms with E-state index in [1.807, 2.05) is 12.1 Å². The maximum Gasteiger partial charge on any atom is 0.266 e. The predicted molar refractivity (Wildman–Crippen MR) is 95.7 cm³/mol. The molecule has 2 aliphatic heterocycles. The molecule has 1 saturated heterocycles. The van der Waals surface area contributed by atoms with Crippen LogP contribution in [0.3, 0.4) is 0 Å². The van der Waals surface area contributed by atoms with Crippen molar-refractivity contribution in [3.63, 3.8) is 0 Å². The molecule has 136 valence electrons. The highest BCUT2D eigenvalue weighted by Crippen LogP contribution is 2.29. The molecule has 2 amide bonds. The van der Waals surface area contributed by atoms with Crippen LogP contribution in [0.2, 0.25) is 0 Å². The monoisotopic (exact) mass is 346 g/mol. The molecule has 2 heterocycles. The fourth-order valence-corrected chi connectivity index (χ4v) is 3.64. The van der Waals surface area contributed by atoms with E-state index < -0.39 is 6.10 Å². The molecule has 3 N–H and O–H groups in total. The second-order valence-corrected chi connectivity index (χ2v) is 7.05. The summed E-state index contributed by atoms with van der Waals surface area (Å²) in [7, 11) is 0. The highest BCUT2D eigenvalue weighted by molar-refractivity contribution is 5.99. The molecule has 3 atom stereocenters. The van der Waals surface area contributed by atoms with Gasteiger partial charge in [0.2, 0.25) is 5.91 Å². The number of rotatable bonds is 6. The summed E-state index contributed by atoms with van der Waals surface area (Å²) in [5.74, 6) is 0.212. The second kappa shape index (κ2) is 8.34.